The molecule has 5 rings (SSSR count). The average molecular weight is 410 g/mol. The summed E-state index contributed by atoms with van der Waals surface area (Å²) in [6, 6.07) is 10.5. The minimum absolute atomic E-state index is 0.160. The van der Waals surface area contributed by atoms with E-state index in [4.69, 9.17) is 4.74 Å². The van der Waals surface area contributed by atoms with Gasteiger partial charge in [-0.2, -0.15) is 0 Å². The fourth-order valence-electron chi connectivity index (χ4n) is 4.04. The third-order valence-electron chi connectivity index (χ3n) is 5.54. The summed E-state index contributed by atoms with van der Waals surface area (Å²) in [5.74, 6) is -0.389. The molecule has 9 heteroatoms. The Balaban J connectivity index is 1.42. The molecule has 1 N–H and O–H groups in total. The number of ether oxygens (including phenoxy) is 1. The van der Waals surface area contributed by atoms with Gasteiger partial charge in [0, 0.05) is 10.8 Å². The molecule has 148 valence electrons. The molecule has 0 radical (unpaired) electrons. The number of thioether (sulfide) groups is 1. The van der Waals surface area contributed by atoms with Gasteiger partial charge in [-0.1, -0.05) is 30.3 Å². The topological polar surface area (TPSA) is 97.5 Å². The van der Waals surface area contributed by atoms with Gasteiger partial charge in [-0.3, -0.25) is 4.79 Å². The second-order valence-electron chi connectivity index (χ2n) is 7.22. The Kier molecular flexibility index (Phi) is 4.02. The smallest absolute Gasteiger partial charge is 0.327 e. The van der Waals surface area contributed by atoms with Gasteiger partial charge in [-0.25, -0.2) is 9.48 Å². The number of aromatic nitrogens is 3. The molecular formula is C20H18N4O4S. The van der Waals surface area contributed by atoms with Gasteiger partial charge < -0.3 is 14.7 Å². The first kappa shape index (κ1) is 18.0. The zero-order valence-electron chi connectivity index (χ0n) is 15.7. The lowest BCUT2D eigenvalue weighted by Crippen LogP contribution is -2.62. The molecule has 0 spiro atoms. The van der Waals surface area contributed by atoms with Crippen LogP contribution in [0.15, 0.2) is 42.6 Å². The number of amides is 1. The number of benzene rings is 2. The third kappa shape index (κ3) is 2.68. The van der Waals surface area contributed by atoms with Crippen molar-refractivity contribution in [2.75, 3.05) is 7.11 Å². The second-order valence-corrected chi connectivity index (χ2v) is 8.72. The Morgan fingerprint density at radius 1 is 1.21 bits per heavy atom. The number of carbonyl (C=O) groups is 2. The number of rotatable bonds is 4. The van der Waals surface area contributed by atoms with Gasteiger partial charge >= 0.3 is 5.97 Å². The third-order valence-corrected chi connectivity index (χ3v) is 6.99. The molecule has 3 aromatic rings. The highest BCUT2D eigenvalue weighted by Gasteiger charge is 2.60. The van der Waals surface area contributed by atoms with Crippen LogP contribution in [0.4, 0.5) is 0 Å². The van der Waals surface area contributed by atoms with Crippen LogP contribution in [0, 0.1) is 0 Å². The van der Waals surface area contributed by atoms with Crippen molar-refractivity contribution >= 4 is 34.4 Å². The Morgan fingerprint density at radius 3 is 2.72 bits per heavy atom. The predicted octanol–water partition coefficient (Wildman–Crippen LogP) is 2.40. The van der Waals surface area contributed by atoms with E-state index in [1.54, 1.807) is 18.0 Å². The van der Waals surface area contributed by atoms with Crippen LogP contribution in [0.1, 0.15) is 13.0 Å². The highest BCUT2D eigenvalue weighted by Crippen LogP contribution is 2.49. The number of hydrogen-bond donors (Lipinski definition) is 1. The van der Waals surface area contributed by atoms with Crippen molar-refractivity contribution in [1.82, 2.24) is 19.9 Å². The Morgan fingerprint density at radius 2 is 1.97 bits per heavy atom. The van der Waals surface area contributed by atoms with E-state index in [-0.39, 0.29) is 16.5 Å². The molecule has 2 aliphatic heterocycles. The molecule has 1 unspecified atom stereocenters. The largest absolute Gasteiger partial charge is 0.497 e. The van der Waals surface area contributed by atoms with E-state index < -0.39 is 18.1 Å². The highest BCUT2D eigenvalue weighted by atomic mass is 32.2. The fourth-order valence-corrected chi connectivity index (χ4v) is 5.64. The summed E-state index contributed by atoms with van der Waals surface area (Å²) in [7, 11) is 1.64. The molecule has 0 saturated carbocycles. The number of methoxy groups -OCH3 is 1. The van der Waals surface area contributed by atoms with Crippen LogP contribution in [0.25, 0.3) is 22.0 Å². The van der Waals surface area contributed by atoms with Crippen molar-refractivity contribution in [2.45, 2.75) is 29.6 Å². The first-order valence-electron chi connectivity index (χ1n) is 9.18. The molecule has 8 nitrogen and oxygen atoms in total. The Bertz CT molecular complexity index is 1150. The van der Waals surface area contributed by atoms with E-state index in [1.807, 2.05) is 43.3 Å². The van der Waals surface area contributed by atoms with Crippen molar-refractivity contribution in [3.63, 3.8) is 0 Å². The van der Waals surface area contributed by atoms with E-state index >= 15 is 0 Å². The number of fused-ring (bicyclic) bond motifs is 2. The van der Waals surface area contributed by atoms with Gasteiger partial charge in [0.25, 0.3) is 5.91 Å². The maximum Gasteiger partial charge on any atom is 0.327 e. The van der Waals surface area contributed by atoms with Gasteiger partial charge in [0.1, 0.15) is 22.9 Å². The summed E-state index contributed by atoms with van der Waals surface area (Å²) in [5.41, 5.74) is 1.56. The van der Waals surface area contributed by atoms with Crippen LogP contribution >= 0.6 is 11.8 Å². The molecule has 1 amide bonds. The number of β-lactam (4-membered cyclic amide) rings is 1. The number of carboxylic acids is 1. The molecule has 2 fully saturated rings. The Labute approximate surface area is 170 Å². The molecule has 2 aliphatic rings. The van der Waals surface area contributed by atoms with E-state index in [9.17, 15) is 14.7 Å². The number of nitrogens with zero attached hydrogens (tertiary/aromatic N) is 4. The first-order chi connectivity index (χ1) is 14.0. The second kappa shape index (κ2) is 6.48. The lowest BCUT2D eigenvalue weighted by Gasteiger charge is -2.42. The van der Waals surface area contributed by atoms with Crippen molar-refractivity contribution in [1.29, 1.82) is 0 Å². The Hall–Kier alpha value is -3.07. The van der Waals surface area contributed by atoms with Gasteiger partial charge in [0.05, 0.1) is 13.3 Å². The van der Waals surface area contributed by atoms with Gasteiger partial charge in [-0.15, -0.1) is 16.9 Å². The van der Waals surface area contributed by atoms with Crippen LogP contribution in [0.3, 0.4) is 0 Å². The number of aliphatic carboxylic acids is 1. The zero-order chi connectivity index (χ0) is 20.3. The van der Waals surface area contributed by atoms with Gasteiger partial charge in [0.15, 0.2) is 6.04 Å². The summed E-state index contributed by atoms with van der Waals surface area (Å²) in [6.45, 7) is 1.84. The average Bonchev–Trinajstić information content (AvgIpc) is 3.30. The number of carboxylic acid groups (broad SMARTS) is 1. The van der Waals surface area contributed by atoms with Crippen molar-refractivity contribution in [3.8, 4) is 17.0 Å². The number of carbonyl (C=O) groups excluding carboxylic acids is 1. The summed E-state index contributed by atoms with van der Waals surface area (Å²) in [6.07, 6.45) is 1.75. The van der Waals surface area contributed by atoms with Crippen molar-refractivity contribution in [2.24, 2.45) is 0 Å². The van der Waals surface area contributed by atoms with E-state index in [0.29, 0.717) is 5.69 Å². The minimum Gasteiger partial charge on any atom is -0.497 e. The minimum atomic E-state index is -0.966. The quantitative estimate of drug-likeness (QED) is 0.660. The molecular weight excluding hydrogens is 392 g/mol. The number of hydrogen-bond acceptors (Lipinski definition) is 6. The summed E-state index contributed by atoms with van der Waals surface area (Å²) >= 11 is 1.49. The SMILES string of the molecule is COc1ccc2cc(-c3cn([C@@H]4C(=O)N5[C@@H]4SC(C)[C@@H]5C(=O)O)nn3)ccc2c1. The molecule has 2 aromatic carbocycles. The lowest BCUT2D eigenvalue weighted by molar-refractivity contribution is -0.161. The molecule has 2 saturated heterocycles. The summed E-state index contributed by atoms with van der Waals surface area (Å²) in [4.78, 5) is 25.6. The summed E-state index contributed by atoms with van der Waals surface area (Å²) in [5, 5.41) is 19.5. The van der Waals surface area contributed by atoms with Crippen LogP contribution in [-0.4, -0.2) is 60.7 Å². The monoisotopic (exact) mass is 410 g/mol. The molecule has 0 bridgehead atoms. The van der Waals surface area contributed by atoms with Crippen LogP contribution < -0.4 is 4.74 Å². The van der Waals surface area contributed by atoms with Crippen LogP contribution in [0.5, 0.6) is 5.75 Å². The molecule has 29 heavy (non-hydrogen) atoms. The van der Waals surface area contributed by atoms with E-state index in [2.05, 4.69) is 10.3 Å². The highest BCUT2D eigenvalue weighted by molar-refractivity contribution is 8.01. The van der Waals surface area contributed by atoms with Crippen molar-refractivity contribution in [3.05, 3.63) is 42.6 Å². The predicted molar refractivity (Wildman–Crippen MR) is 108 cm³/mol. The molecule has 0 aliphatic carbocycles. The maximum absolute atomic E-state index is 12.6. The first-order valence-corrected chi connectivity index (χ1v) is 10.1. The summed E-state index contributed by atoms with van der Waals surface area (Å²) < 4.78 is 6.82. The fraction of sp³-hybridized carbons (Fsp3) is 0.300. The van der Waals surface area contributed by atoms with E-state index in [1.165, 1.54) is 16.7 Å². The molecule has 1 aromatic heterocycles. The normalized spacial score (nSPS) is 25.7. The van der Waals surface area contributed by atoms with Crippen molar-refractivity contribution < 1.29 is 19.4 Å². The molecule has 4 atom stereocenters. The van der Waals surface area contributed by atoms with Crippen LogP contribution in [0.2, 0.25) is 0 Å². The lowest BCUT2D eigenvalue weighted by atomic mass is 10.0. The van der Waals surface area contributed by atoms with Crippen LogP contribution in [-0.2, 0) is 9.59 Å². The molecule has 3 heterocycles. The van der Waals surface area contributed by atoms with Gasteiger partial charge in [-0.05, 0) is 29.0 Å². The maximum atomic E-state index is 12.6. The van der Waals surface area contributed by atoms with Gasteiger partial charge in [0.2, 0.25) is 0 Å². The zero-order valence-corrected chi connectivity index (χ0v) is 16.5. The standard InChI is InChI=1S/C20H18N4O4S/c1-10-16(20(26)27)24-18(25)17(19(24)29-10)23-9-15(21-22-23)13-4-3-12-8-14(28-2)6-5-11(12)7-13/h3-10,16-17,19H,1-2H3,(H,26,27)/t10?,16-,17-,19-/m1/s1. The van der Waals surface area contributed by atoms with E-state index in [0.717, 1.165) is 22.1 Å².